The molecule has 0 aliphatic heterocycles. The Kier molecular flexibility index (Phi) is 3.94. The van der Waals surface area contributed by atoms with Crippen molar-refractivity contribution in [3.63, 3.8) is 0 Å². The second-order valence-electron chi connectivity index (χ2n) is 6.13. The number of halogens is 1. The van der Waals surface area contributed by atoms with E-state index in [0.29, 0.717) is 17.3 Å². The number of carbonyl (C=O) groups excluding carboxylic acids is 1. The minimum atomic E-state index is -0.505. The topological polar surface area (TPSA) is 46.3 Å². The monoisotopic (exact) mass is 348 g/mol. The van der Waals surface area contributed by atoms with Crippen LogP contribution in [0.3, 0.4) is 0 Å². The molecule has 25 heavy (non-hydrogen) atoms. The van der Waals surface area contributed by atoms with Gasteiger partial charge in [-0.25, -0.2) is 4.79 Å². The first-order chi connectivity index (χ1) is 12.2. The zero-order valence-electron chi connectivity index (χ0n) is 13.5. The van der Waals surface area contributed by atoms with Crippen molar-refractivity contribution in [1.29, 1.82) is 0 Å². The van der Waals surface area contributed by atoms with Crippen LogP contribution in [-0.2, 0) is 0 Å². The Morgan fingerprint density at radius 3 is 1.96 bits per heavy atom. The first-order valence-corrected chi connectivity index (χ1v) is 8.54. The summed E-state index contributed by atoms with van der Waals surface area (Å²) in [5.74, 6) is 0.0659. The third kappa shape index (κ3) is 2.67. The fourth-order valence-corrected chi connectivity index (χ4v) is 3.85. The Bertz CT molecular complexity index is 908. The SMILES string of the molecule is NC(=O)N(CC1c2ccccc2-c2ccccc21)c1ccccc1Cl. The molecule has 0 heterocycles. The van der Waals surface area contributed by atoms with Gasteiger partial charge < -0.3 is 5.73 Å². The number of anilines is 1. The van der Waals surface area contributed by atoms with Gasteiger partial charge in [-0.3, -0.25) is 4.90 Å². The molecule has 2 N–H and O–H groups in total. The van der Waals surface area contributed by atoms with E-state index in [1.165, 1.54) is 22.3 Å². The molecule has 0 bridgehead atoms. The van der Waals surface area contributed by atoms with Crippen LogP contribution in [0.4, 0.5) is 10.5 Å². The van der Waals surface area contributed by atoms with Gasteiger partial charge in [0, 0.05) is 12.5 Å². The first-order valence-electron chi connectivity index (χ1n) is 8.16. The summed E-state index contributed by atoms with van der Waals surface area (Å²) in [5.41, 5.74) is 11.2. The molecule has 0 spiro atoms. The van der Waals surface area contributed by atoms with Crippen LogP contribution < -0.4 is 10.6 Å². The Hall–Kier alpha value is -2.78. The van der Waals surface area contributed by atoms with Crippen LogP contribution in [0, 0.1) is 0 Å². The number of nitrogens with two attached hydrogens (primary N) is 1. The highest BCUT2D eigenvalue weighted by Crippen LogP contribution is 2.45. The molecule has 3 aromatic rings. The molecule has 0 aromatic heterocycles. The predicted molar refractivity (Wildman–Crippen MR) is 102 cm³/mol. The third-order valence-corrected chi connectivity index (χ3v) is 5.06. The van der Waals surface area contributed by atoms with E-state index >= 15 is 0 Å². The van der Waals surface area contributed by atoms with E-state index in [4.69, 9.17) is 17.3 Å². The lowest BCUT2D eigenvalue weighted by molar-refractivity contribution is 0.253. The molecule has 0 atom stereocenters. The van der Waals surface area contributed by atoms with E-state index in [2.05, 4.69) is 24.3 Å². The molecule has 0 radical (unpaired) electrons. The van der Waals surface area contributed by atoms with Crippen LogP contribution in [-0.4, -0.2) is 12.6 Å². The van der Waals surface area contributed by atoms with Gasteiger partial charge in [0.1, 0.15) is 0 Å². The summed E-state index contributed by atoms with van der Waals surface area (Å²) < 4.78 is 0. The summed E-state index contributed by atoms with van der Waals surface area (Å²) in [4.78, 5) is 13.7. The van der Waals surface area contributed by atoms with Crippen LogP contribution in [0.1, 0.15) is 17.0 Å². The number of rotatable bonds is 3. The average molecular weight is 349 g/mol. The number of hydrogen-bond acceptors (Lipinski definition) is 1. The van der Waals surface area contributed by atoms with Gasteiger partial charge in [-0.05, 0) is 34.4 Å². The van der Waals surface area contributed by atoms with Crippen molar-refractivity contribution in [2.75, 3.05) is 11.4 Å². The van der Waals surface area contributed by atoms with Gasteiger partial charge in [-0.1, -0.05) is 72.3 Å². The van der Waals surface area contributed by atoms with E-state index in [9.17, 15) is 4.79 Å². The number of nitrogens with zero attached hydrogens (tertiary/aromatic N) is 1. The van der Waals surface area contributed by atoms with Gasteiger partial charge in [0.2, 0.25) is 0 Å². The van der Waals surface area contributed by atoms with Gasteiger partial charge >= 0.3 is 6.03 Å². The number of para-hydroxylation sites is 1. The highest BCUT2D eigenvalue weighted by atomic mass is 35.5. The van der Waals surface area contributed by atoms with Crippen molar-refractivity contribution >= 4 is 23.3 Å². The molecule has 0 fully saturated rings. The summed E-state index contributed by atoms with van der Waals surface area (Å²) in [5, 5.41) is 0.515. The summed E-state index contributed by atoms with van der Waals surface area (Å²) in [6, 6.07) is 23.4. The predicted octanol–water partition coefficient (Wildman–Crippen LogP) is 5.04. The largest absolute Gasteiger partial charge is 0.351 e. The maximum absolute atomic E-state index is 12.2. The van der Waals surface area contributed by atoms with Crippen molar-refractivity contribution in [2.45, 2.75) is 5.92 Å². The van der Waals surface area contributed by atoms with Gasteiger partial charge in [-0.2, -0.15) is 0 Å². The van der Waals surface area contributed by atoms with Gasteiger partial charge in [0.05, 0.1) is 10.7 Å². The normalized spacial score (nSPS) is 12.5. The molecule has 0 saturated carbocycles. The molecule has 0 saturated heterocycles. The fraction of sp³-hybridized carbons (Fsp3) is 0.0952. The Morgan fingerprint density at radius 1 is 0.880 bits per heavy atom. The molecule has 3 aromatic carbocycles. The number of fused-ring (bicyclic) bond motifs is 3. The van der Waals surface area contributed by atoms with Gasteiger partial charge in [0.25, 0.3) is 0 Å². The van der Waals surface area contributed by atoms with Crippen molar-refractivity contribution < 1.29 is 4.79 Å². The highest BCUT2D eigenvalue weighted by Gasteiger charge is 2.31. The van der Waals surface area contributed by atoms with Crippen LogP contribution in [0.2, 0.25) is 5.02 Å². The van der Waals surface area contributed by atoms with E-state index in [-0.39, 0.29) is 5.92 Å². The highest BCUT2D eigenvalue weighted by molar-refractivity contribution is 6.33. The van der Waals surface area contributed by atoms with Gasteiger partial charge in [-0.15, -0.1) is 0 Å². The van der Waals surface area contributed by atoms with Crippen LogP contribution >= 0.6 is 11.6 Å². The maximum Gasteiger partial charge on any atom is 0.319 e. The Balaban J connectivity index is 1.79. The Labute approximate surface area is 151 Å². The van der Waals surface area contributed by atoms with E-state index in [1.54, 1.807) is 11.0 Å². The van der Waals surface area contributed by atoms with Crippen molar-refractivity contribution in [1.82, 2.24) is 0 Å². The fourth-order valence-electron chi connectivity index (χ4n) is 3.62. The number of benzene rings is 3. The van der Waals surface area contributed by atoms with Crippen molar-refractivity contribution in [2.24, 2.45) is 5.73 Å². The quantitative estimate of drug-likeness (QED) is 0.708. The number of carbonyl (C=O) groups is 1. The molecule has 4 heteroatoms. The molecular formula is C21H17ClN2O. The number of primary amides is 1. The summed E-state index contributed by atoms with van der Waals surface area (Å²) >= 11 is 6.30. The van der Waals surface area contributed by atoms with E-state index in [0.717, 1.165) is 0 Å². The number of hydrogen-bond donors (Lipinski definition) is 1. The third-order valence-electron chi connectivity index (χ3n) is 4.74. The molecule has 1 aliphatic carbocycles. The van der Waals surface area contributed by atoms with Crippen LogP contribution in [0.15, 0.2) is 72.8 Å². The van der Waals surface area contributed by atoms with Gasteiger partial charge in [0.15, 0.2) is 0 Å². The smallest absolute Gasteiger partial charge is 0.319 e. The minimum absolute atomic E-state index is 0.0659. The molecule has 4 rings (SSSR count). The number of urea groups is 1. The maximum atomic E-state index is 12.2. The van der Waals surface area contributed by atoms with Crippen molar-refractivity contribution in [3.05, 3.63) is 88.9 Å². The molecule has 0 unspecified atom stereocenters. The lowest BCUT2D eigenvalue weighted by Crippen LogP contribution is -2.39. The molecule has 2 amide bonds. The molecular weight excluding hydrogens is 332 g/mol. The lowest BCUT2D eigenvalue weighted by atomic mass is 9.96. The molecule has 3 nitrogen and oxygen atoms in total. The zero-order valence-corrected chi connectivity index (χ0v) is 14.3. The number of amides is 2. The lowest BCUT2D eigenvalue weighted by Gasteiger charge is -2.26. The minimum Gasteiger partial charge on any atom is -0.351 e. The summed E-state index contributed by atoms with van der Waals surface area (Å²) in [6.45, 7) is 0.451. The second-order valence-corrected chi connectivity index (χ2v) is 6.53. The average Bonchev–Trinajstić information content (AvgIpc) is 2.94. The Morgan fingerprint density at radius 2 is 1.40 bits per heavy atom. The first kappa shape index (κ1) is 15.7. The second kappa shape index (κ2) is 6.26. The summed E-state index contributed by atoms with van der Waals surface area (Å²) in [6.07, 6.45) is 0. The standard InChI is InChI=1S/C21H17ClN2O/c22-19-11-5-6-12-20(19)24(21(23)25)13-18-16-9-3-1-7-14(16)15-8-2-4-10-17(15)18/h1-12,18H,13H2,(H2,23,25). The molecule has 1 aliphatic rings. The van der Waals surface area contributed by atoms with E-state index < -0.39 is 6.03 Å². The van der Waals surface area contributed by atoms with Crippen molar-refractivity contribution in [3.8, 4) is 11.1 Å². The zero-order chi connectivity index (χ0) is 17.4. The van der Waals surface area contributed by atoms with Crippen LogP contribution in [0.25, 0.3) is 11.1 Å². The van der Waals surface area contributed by atoms with Crippen LogP contribution in [0.5, 0.6) is 0 Å². The summed E-state index contributed by atoms with van der Waals surface area (Å²) in [7, 11) is 0. The molecule has 124 valence electrons. The van der Waals surface area contributed by atoms with E-state index in [1.807, 2.05) is 42.5 Å².